The van der Waals surface area contributed by atoms with Gasteiger partial charge in [-0.1, -0.05) is 6.07 Å². The van der Waals surface area contributed by atoms with E-state index in [0.717, 1.165) is 18.9 Å². The smallest absolute Gasteiger partial charge is 0.409 e. The summed E-state index contributed by atoms with van der Waals surface area (Å²) in [6.45, 7) is -0.0267. The summed E-state index contributed by atoms with van der Waals surface area (Å²) in [6, 6.07) is 5.26. The zero-order valence-corrected chi connectivity index (χ0v) is 10.1. The molecule has 0 bridgehead atoms. The molecule has 18 heavy (non-hydrogen) atoms. The standard InChI is InChI=1S/C12H11ClF2O3/c13-11(16)9-2-1-3-10(6-9)18-12(14,15)17-7-8-4-5-8/h1-3,6,8H,4-5,7H2. The Morgan fingerprint density at radius 2 is 2.17 bits per heavy atom. The van der Waals surface area contributed by atoms with E-state index < -0.39 is 11.5 Å². The Kier molecular flexibility index (Phi) is 3.82. The lowest BCUT2D eigenvalue weighted by Crippen LogP contribution is -2.29. The Hall–Kier alpha value is -1.20. The molecule has 1 fully saturated rings. The summed E-state index contributed by atoms with van der Waals surface area (Å²) >= 11 is 5.24. The van der Waals surface area contributed by atoms with E-state index in [9.17, 15) is 13.6 Å². The summed E-state index contributed by atoms with van der Waals surface area (Å²) < 4.78 is 35.3. The zero-order chi connectivity index (χ0) is 13.2. The molecule has 1 aliphatic rings. The van der Waals surface area contributed by atoms with Crippen LogP contribution in [0.2, 0.25) is 0 Å². The highest BCUT2D eigenvalue weighted by atomic mass is 35.5. The van der Waals surface area contributed by atoms with Gasteiger partial charge in [-0.2, -0.15) is 0 Å². The maximum Gasteiger partial charge on any atom is 0.535 e. The summed E-state index contributed by atoms with van der Waals surface area (Å²) in [5.41, 5.74) is 0.0900. The average molecular weight is 277 g/mol. The minimum atomic E-state index is -3.70. The summed E-state index contributed by atoms with van der Waals surface area (Å²) in [4.78, 5) is 10.9. The van der Waals surface area contributed by atoms with E-state index in [0.29, 0.717) is 0 Å². The van der Waals surface area contributed by atoms with E-state index in [1.165, 1.54) is 18.2 Å². The molecule has 0 atom stereocenters. The van der Waals surface area contributed by atoms with Crippen molar-refractivity contribution in [2.75, 3.05) is 6.61 Å². The van der Waals surface area contributed by atoms with Crippen LogP contribution >= 0.6 is 11.6 Å². The second kappa shape index (κ2) is 5.20. The van der Waals surface area contributed by atoms with E-state index in [-0.39, 0.29) is 23.8 Å². The number of carbonyl (C=O) groups is 1. The number of ether oxygens (including phenoxy) is 2. The Bertz CT molecular complexity index is 447. The van der Waals surface area contributed by atoms with Gasteiger partial charge in [0.25, 0.3) is 5.24 Å². The topological polar surface area (TPSA) is 35.5 Å². The van der Waals surface area contributed by atoms with Crippen molar-refractivity contribution in [2.24, 2.45) is 5.92 Å². The van der Waals surface area contributed by atoms with Crippen molar-refractivity contribution >= 4 is 16.8 Å². The van der Waals surface area contributed by atoms with Gasteiger partial charge in [-0.15, -0.1) is 8.78 Å². The molecular weight excluding hydrogens is 266 g/mol. The van der Waals surface area contributed by atoms with Crippen LogP contribution in [-0.2, 0) is 4.74 Å². The van der Waals surface area contributed by atoms with Gasteiger partial charge in [-0.3, -0.25) is 9.53 Å². The Morgan fingerprint density at radius 3 is 2.78 bits per heavy atom. The van der Waals surface area contributed by atoms with Crippen molar-refractivity contribution in [2.45, 2.75) is 19.1 Å². The number of alkyl halides is 2. The number of rotatable bonds is 6. The van der Waals surface area contributed by atoms with Gasteiger partial charge < -0.3 is 4.74 Å². The van der Waals surface area contributed by atoms with E-state index in [1.54, 1.807) is 0 Å². The first-order valence-corrected chi connectivity index (χ1v) is 5.85. The van der Waals surface area contributed by atoms with Crippen LogP contribution in [-0.4, -0.2) is 18.1 Å². The van der Waals surface area contributed by atoms with Crippen molar-refractivity contribution in [1.29, 1.82) is 0 Å². The maximum atomic E-state index is 13.3. The van der Waals surface area contributed by atoms with Crippen LogP contribution in [0.5, 0.6) is 5.75 Å². The first kappa shape index (κ1) is 13.2. The average Bonchev–Trinajstić information content (AvgIpc) is 3.10. The summed E-state index contributed by atoms with van der Waals surface area (Å²) in [6.07, 6.45) is -1.88. The maximum absolute atomic E-state index is 13.3. The molecule has 0 aromatic heterocycles. The van der Waals surface area contributed by atoms with Crippen molar-refractivity contribution in [1.82, 2.24) is 0 Å². The molecule has 1 aromatic carbocycles. The molecule has 3 nitrogen and oxygen atoms in total. The third-order valence-corrected chi connectivity index (χ3v) is 2.70. The van der Waals surface area contributed by atoms with E-state index in [1.807, 2.05) is 0 Å². The fourth-order valence-corrected chi connectivity index (χ4v) is 1.47. The molecule has 6 heteroatoms. The molecule has 0 saturated heterocycles. The molecule has 0 radical (unpaired) electrons. The van der Waals surface area contributed by atoms with Gasteiger partial charge >= 0.3 is 6.29 Å². The van der Waals surface area contributed by atoms with E-state index in [4.69, 9.17) is 11.6 Å². The van der Waals surface area contributed by atoms with Gasteiger partial charge in [0.2, 0.25) is 0 Å². The molecule has 0 spiro atoms. The highest BCUT2D eigenvalue weighted by Crippen LogP contribution is 2.32. The van der Waals surface area contributed by atoms with Crippen LogP contribution in [0.3, 0.4) is 0 Å². The van der Waals surface area contributed by atoms with Crippen LogP contribution < -0.4 is 4.74 Å². The molecule has 0 aliphatic heterocycles. The normalized spacial score (nSPS) is 15.5. The number of benzene rings is 1. The first-order chi connectivity index (χ1) is 8.46. The van der Waals surface area contributed by atoms with E-state index >= 15 is 0 Å². The summed E-state index contributed by atoms with van der Waals surface area (Å²) in [5.74, 6) is 0.0394. The van der Waals surface area contributed by atoms with Gasteiger partial charge in [0.05, 0.1) is 6.61 Å². The molecule has 2 rings (SSSR count). The van der Waals surface area contributed by atoms with Crippen LogP contribution in [0.15, 0.2) is 24.3 Å². The molecular formula is C12H11ClF2O3. The second-order valence-corrected chi connectivity index (χ2v) is 4.46. The zero-order valence-electron chi connectivity index (χ0n) is 9.37. The van der Waals surface area contributed by atoms with E-state index in [2.05, 4.69) is 9.47 Å². The highest BCUT2D eigenvalue weighted by molar-refractivity contribution is 6.67. The number of carbonyl (C=O) groups excluding carboxylic acids is 1. The van der Waals surface area contributed by atoms with Crippen molar-refractivity contribution in [3.63, 3.8) is 0 Å². The lowest BCUT2D eigenvalue weighted by atomic mass is 10.2. The molecule has 98 valence electrons. The number of halogens is 3. The predicted octanol–water partition coefficient (Wildman–Crippen LogP) is 3.42. The third-order valence-electron chi connectivity index (χ3n) is 2.48. The van der Waals surface area contributed by atoms with Gasteiger partial charge in [-0.05, 0) is 48.6 Å². The van der Waals surface area contributed by atoms with Crippen LogP contribution in [0.1, 0.15) is 23.2 Å². The number of hydrogen-bond donors (Lipinski definition) is 0. The third kappa shape index (κ3) is 3.92. The first-order valence-electron chi connectivity index (χ1n) is 5.47. The number of hydrogen-bond acceptors (Lipinski definition) is 3. The minimum Gasteiger partial charge on any atom is -0.409 e. The van der Waals surface area contributed by atoms with Crippen LogP contribution in [0, 0.1) is 5.92 Å². The molecule has 0 heterocycles. The monoisotopic (exact) mass is 276 g/mol. The molecule has 1 aromatic rings. The molecule has 0 unspecified atom stereocenters. The van der Waals surface area contributed by atoms with Crippen molar-refractivity contribution in [3.8, 4) is 5.75 Å². The highest BCUT2D eigenvalue weighted by Gasteiger charge is 2.36. The summed E-state index contributed by atoms with van der Waals surface area (Å²) in [5, 5.41) is -0.734. The van der Waals surface area contributed by atoms with Gasteiger partial charge in [0, 0.05) is 5.56 Å². The van der Waals surface area contributed by atoms with Gasteiger partial charge in [0.15, 0.2) is 0 Å². The lowest BCUT2D eigenvalue weighted by molar-refractivity contribution is -0.354. The lowest BCUT2D eigenvalue weighted by Gasteiger charge is -2.17. The largest absolute Gasteiger partial charge is 0.535 e. The fourth-order valence-electron chi connectivity index (χ4n) is 1.35. The Morgan fingerprint density at radius 1 is 1.44 bits per heavy atom. The SMILES string of the molecule is O=C(Cl)c1cccc(OC(F)(F)OCC2CC2)c1. The fraction of sp³-hybridized carbons (Fsp3) is 0.417. The molecule has 0 N–H and O–H groups in total. The minimum absolute atomic E-state index is 0.0267. The van der Waals surface area contributed by atoms with Crippen LogP contribution in [0.25, 0.3) is 0 Å². The molecule has 0 amide bonds. The van der Waals surface area contributed by atoms with Crippen molar-refractivity contribution < 1.29 is 23.0 Å². The van der Waals surface area contributed by atoms with Crippen molar-refractivity contribution in [3.05, 3.63) is 29.8 Å². The summed E-state index contributed by atoms with van der Waals surface area (Å²) in [7, 11) is 0. The Balaban J connectivity index is 1.97. The quantitative estimate of drug-likeness (QED) is 0.590. The van der Waals surface area contributed by atoms with Gasteiger partial charge in [0.1, 0.15) is 5.75 Å². The molecule has 1 aliphatic carbocycles. The molecule has 1 saturated carbocycles. The second-order valence-electron chi connectivity index (χ2n) is 4.12. The van der Waals surface area contributed by atoms with Gasteiger partial charge in [-0.25, -0.2) is 0 Å². The van der Waals surface area contributed by atoms with Crippen LogP contribution in [0.4, 0.5) is 8.78 Å². The predicted molar refractivity (Wildman–Crippen MR) is 60.9 cm³/mol. The Labute approximate surface area is 108 Å².